The lowest BCUT2D eigenvalue weighted by Gasteiger charge is -2.12. The first-order valence-corrected chi connectivity index (χ1v) is 7.14. The number of nitrogens with one attached hydrogen (secondary N) is 1. The zero-order valence-electron chi connectivity index (χ0n) is 12.1. The van der Waals surface area contributed by atoms with Crippen LogP contribution in [0.5, 0.6) is 0 Å². The van der Waals surface area contributed by atoms with Crippen LogP contribution in [0.2, 0.25) is 0 Å². The average Bonchev–Trinajstić information content (AvgIpc) is 2.56. The number of aromatic nitrogens is 3. The van der Waals surface area contributed by atoms with Gasteiger partial charge in [0.25, 0.3) is 0 Å². The minimum absolute atomic E-state index is 0.590. The molecule has 0 aliphatic rings. The molecule has 0 spiro atoms. The molecule has 2 aromatic heterocycles. The first-order chi connectivity index (χ1) is 10.8. The minimum atomic E-state index is 0.590. The van der Waals surface area contributed by atoms with Crippen molar-refractivity contribution in [1.82, 2.24) is 15.0 Å². The second kappa shape index (κ2) is 5.07. The summed E-state index contributed by atoms with van der Waals surface area (Å²) in [6.07, 6.45) is 3.61. The van der Waals surface area contributed by atoms with Gasteiger partial charge in [-0.05, 0) is 24.6 Å². The predicted molar refractivity (Wildman–Crippen MR) is 89.3 cm³/mol. The summed E-state index contributed by atoms with van der Waals surface area (Å²) in [4.78, 5) is 13.4. The van der Waals surface area contributed by atoms with Crippen molar-refractivity contribution in [3.05, 3.63) is 66.5 Å². The van der Waals surface area contributed by atoms with Gasteiger partial charge in [0.05, 0.1) is 16.7 Å². The standard InChI is InChI=1S/C18H14N4/c1-12-10-19-18(20-11-12)22-17-13-6-2-4-8-15(13)21-16-9-5-3-7-14(16)17/h2-11H,1H3,(H,19,20,21,22). The summed E-state index contributed by atoms with van der Waals surface area (Å²) in [7, 11) is 0. The number of benzene rings is 2. The molecule has 106 valence electrons. The molecule has 2 heterocycles. The van der Waals surface area contributed by atoms with Crippen molar-refractivity contribution in [2.24, 2.45) is 0 Å². The summed E-state index contributed by atoms with van der Waals surface area (Å²) >= 11 is 0. The zero-order chi connectivity index (χ0) is 14.9. The van der Waals surface area contributed by atoms with E-state index in [4.69, 9.17) is 4.98 Å². The van der Waals surface area contributed by atoms with E-state index >= 15 is 0 Å². The Morgan fingerprint density at radius 2 is 1.32 bits per heavy atom. The third-order valence-corrected chi connectivity index (χ3v) is 3.61. The topological polar surface area (TPSA) is 50.7 Å². The molecule has 0 radical (unpaired) electrons. The van der Waals surface area contributed by atoms with Crippen LogP contribution < -0.4 is 5.32 Å². The Morgan fingerprint density at radius 3 is 1.91 bits per heavy atom. The van der Waals surface area contributed by atoms with Gasteiger partial charge in [-0.3, -0.25) is 0 Å². The fourth-order valence-corrected chi connectivity index (χ4v) is 2.54. The SMILES string of the molecule is Cc1cnc(Nc2c3ccccc3nc3ccccc23)nc1. The molecule has 0 amide bonds. The van der Waals surface area contributed by atoms with Crippen molar-refractivity contribution in [3.63, 3.8) is 0 Å². The van der Waals surface area contributed by atoms with Crippen LogP contribution in [0.4, 0.5) is 11.6 Å². The smallest absolute Gasteiger partial charge is 0.227 e. The van der Waals surface area contributed by atoms with Crippen molar-refractivity contribution < 1.29 is 0 Å². The fraction of sp³-hybridized carbons (Fsp3) is 0.0556. The molecule has 4 rings (SSSR count). The van der Waals surface area contributed by atoms with Gasteiger partial charge in [0.1, 0.15) is 0 Å². The third kappa shape index (κ3) is 2.15. The van der Waals surface area contributed by atoms with Crippen LogP contribution in [-0.2, 0) is 0 Å². The molecular formula is C18H14N4. The Hall–Kier alpha value is -3.01. The molecule has 4 heteroatoms. The molecule has 22 heavy (non-hydrogen) atoms. The summed E-state index contributed by atoms with van der Waals surface area (Å²) in [5, 5.41) is 5.48. The number of aryl methyl sites for hydroxylation is 1. The summed E-state index contributed by atoms with van der Waals surface area (Å²) in [5.41, 5.74) is 3.94. The molecule has 0 bridgehead atoms. The van der Waals surface area contributed by atoms with E-state index in [0.29, 0.717) is 5.95 Å². The Kier molecular flexibility index (Phi) is 2.93. The largest absolute Gasteiger partial charge is 0.323 e. The van der Waals surface area contributed by atoms with Gasteiger partial charge in [0.2, 0.25) is 5.95 Å². The maximum absolute atomic E-state index is 4.71. The van der Waals surface area contributed by atoms with Gasteiger partial charge in [-0.2, -0.15) is 0 Å². The highest BCUT2D eigenvalue weighted by molar-refractivity contribution is 6.08. The highest BCUT2D eigenvalue weighted by atomic mass is 15.1. The first kappa shape index (κ1) is 12.7. The Morgan fingerprint density at radius 1 is 0.773 bits per heavy atom. The highest BCUT2D eigenvalue weighted by Gasteiger charge is 2.09. The molecule has 4 aromatic rings. The molecule has 2 aromatic carbocycles. The molecule has 4 nitrogen and oxygen atoms in total. The minimum Gasteiger partial charge on any atom is -0.323 e. The average molecular weight is 286 g/mol. The van der Waals surface area contributed by atoms with Crippen LogP contribution in [0.15, 0.2) is 60.9 Å². The number of pyridine rings is 1. The summed E-state index contributed by atoms with van der Waals surface area (Å²) in [6, 6.07) is 16.2. The number of nitrogens with zero attached hydrogens (tertiary/aromatic N) is 3. The molecule has 0 saturated heterocycles. The van der Waals surface area contributed by atoms with E-state index in [2.05, 4.69) is 27.4 Å². The Bertz CT molecular complexity index is 907. The van der Waals surface area contributed by atoms with Crippen molar-refractivity contribution in [2.75, 3.05) is 5.32 Å². The number of anilines is 2. The van der Waals surface area contributed by atoms with Crippen LogP contribution in [0.3, 0.4) is 0 Å². The maximum Gasteiger partial charge on any atom is 0.227 e. The van der Waals surface area contributed by atoms with E-state index in [1.54, 1.807) is 12.4 Å². The van der Waals surface area contributed by atoms with Gasteiger partial charge in [-0.1, -0.05) is 36.4 Å². The van der Waals surface area contributed by atoms with Gasteiger partial charge in [0, 0.05) is 23.2 Å². The second-order valence-corrected chi connectivity index (χ2v) is 5.23. The highest BCUT2D eigenvalue weighted by Crippen LogP contribution is 2.31. The van der Waals surface area contributed by atoms with Crippen LogP contribution in [-0.4, -0.2) is 15.0 Å². The number of hydrogen-bond donors (Lipinski definition) is 1. The quantitative estimate of drug-likeness (QED) is 0.560. The maximum atomic E-state index is 4.71. The number of hydrogen-bond acceptors (Lipinski definition) is 4. The molecular weight excluding hydrogens is 272 g/mol. The Labute approximate surface area is 127 Å². The van der Waals surface area contributed by atoms with Crippen LogP contribution in [0, 0.1) is 6.92 Å². The van der Waals surface area contributed by atoms with E-state index < -0.39 is 0 Å². The van der Waals surface area contributed by atoms with Crippen LogP contribution in [0.1, 0.15) is 5.56 Å². The van der Waals surface area contributed by atoms with Crippen molar-refractivity contribution in [3.8, 4) is 0 Å². The molecule has 0 aliphatic heterocycles. The molecule has 0 unspecified atom stereocenters. The molecule has 1 N–H and O–H groups in total. The van der Waals surface area contributed by atoms with E-state index in [-0.39, 0.29) is 0 Å². The first-order valence-electron chi connectivity index (χ1n) is 7.14. The van der Waals surface area contributed by atoms with Gasteiger partial charge in [0.15, 0.2) is 0 Å². The van der Waals surface area contributed by atoms with E-state index in [1.807, 2.05) is 43.3 Å². The van der Waals surface area contributed by atoms with Gasteiger partial charge >= 0.3 is 0 Å². The summed E-state index contributed by atoms with van der Waals surface area (Å²) in [5.74, 6) is 0.590. The second-order valence-electron chi connectivity index (χ2n) is 5.23. The van der Waals surface area contributed by atoms with E-state index in [9.17, 15) is 0 Å². The molecule has 0 aliphatic carbocycles. The normalized spacial score (nSPS) is 11.0. The molecule has 0 fully saturated rings. The van der Waals surface area contributed by atoms with E-state index in [0.717, 1.165) is 33.1 Å². The van der Waals surface area contributed by atoms with Gasteiger partial charge in [-0.25, -0.2) is 15.0 Å². The van der Waals surface area contributed by atoms with Crippen molar-refractivity contribution in [2.45, 2.75) is 6.92 Å². The predicted octanol–water partition coefficient (Wildman–Crippen LogP) is 4.23. The van der Waals surface area contributed by atoms with Crippen molar-refractivity contribution in [1.29, 1.82) is 0 Å². The van der Waals surface area contributed by atoms with Crippen molar-refractivity contribution >= 4 is 33.4 Å². The molecule has 0 saturated carbocycles. The molecule has 0 atom stereocenters. The lowest BCUT2D eigenvalue weighted by atomic mass is 10.1. The summed E-state index contributed by atoms with van der Waals surface area (Å²) in [6.45, 7) is 1.97. The number of fused-ring (bicyclic) bond motifs is 2. The summed E-state index contributed by atoms with van der Waals surface area (Å²) < 4.78 is 0. The zero-order valence-corrected chi connectivity index (χ0v) is 12.1. The third-order valence-electron chi connectivity index (χ3n) is 3.61. The van der Waals surface area contributed by atoms with Gasteiger partial charge in [-0.15, -0.1) is 0 Å². The van der Waals surface area contributed by atoms with Crippen LogP contribution >= 0.6 is 0 Å². The lowest BCUT2D eigenvalue weighted by Crippen LogP contribution is -1.99. The van der Waals surface area contributed by atoms with Gasteiger partial charge < -0.3 is 5.32 Å². The number of para-hydroxylation sites is 2. The number of rotatable bonds is 2. The Balaban J connectivity index is 1.97. The van der Waals surface area contributed by atoms with E-state index in [1.165, 1.54) is 0 Å². The van der Waals surface area contributed by atoms with Crippen LogP contribution in [0.25, 0.3) is 21.8 Å². The monoisotopic (exact) mass is 286 g/mol. The lowest BCUT2D eigenvalue weighted by molar-refractivity contribution is 1.13. The fourth-order valence-electron chi connectivity index (χ4n) is 2.54.